The molecule has 1 aliphatic heterocycles. The van der Waals surface area contributed by atoms with Gasteiger partial charge in [-0.15, -0.1) is 0 Å². The van der Waals surface area contributed by atoms with Crippen LogP contribution in [0.5, 0.6) is 0 Å². The van der Waals surface area contributed by atoms with Crippen LogP contribution in [-0.2, 0) is 16.1 Å². The molecule has 0 unspecified atom stereocenters. The second-order valence-corrected chi connectivity index (χ2v) is 7.07. The lowest BCUT2D eigenvalue weighted by Crippen LogP contribution is -2.41. The second kappa shape index (κ2) is 9.28. The van der Waals surface area contributed by atoms with E-state index in [0.717, 1.165) is 43.7 Å². The van der Waals surface area contributed by atoms with Crippen molar-refractivity contribution in [3.8, 4) is 0 Å². The maximum Gasteiger partial charge on any atom is 0.313 e. The van der Waals surface area contributed by atoms with Crippen molar-refractivity contribution < 1.29 is 9.59 Å². The molecular formula is C21H26N4O2. The maximum atomic E-state index is 12.0. The van der Waals surface area contributed by atoms with Gasteiger partial charge in [-0.05, 0) is 63.0 Å². The Bertz CT molecular complexity index is 754. The van der Waals surface area contributed by atoms with Gasteiger partial charge in [-0.25, -0.2) is 0 Å². The van der Waals surface area contributed by atoms with E-state index in [1.54, 1.807) is 12.1 Å². The van der Waals surface area contributed by atoms with E-state index in [1.807, 2.05) is 43.5 Å². The molecule has 6 nitrogen and oxygen atoms in total. The number of nitrogens with one attached hydrogen (secondary N) is 2. The maximum absolute atomic E-state index is 12.0. The lowest BCUT2D eigenvalue weighted by Gasteiger charge is -2.31. The molecule has 0 spiro atoms. The fourth-order valence-electron chi connectivity index (χ4n) is 3.21. The van der Waals surface area contributed by atoms with Crippen molar-refractivity contribution in [3.63, 3.8) is 0 Å². The number of benzene rings is 1. The summed E-state index contributed by atoms with van der Waals surface area (Å²) in [7, 11) is 0. The number of nitrogens with zero attached hydrogens (tertiary/aromatic N) is 2. The number of rotatable bonds is 5. The zero-order valence-electron chi connectivity index (χ0n) is 15.6. The van der Waals surface area contributed by atoms with Crippen LogP contribution in [0.2, 0.25) is 0 Å². The molecule has 27 heavy (non-hydrogen) atoms. The highest BCUT2D eigenvalue weighted by molar-refractivity contribution is 6.39. The van der Waals surface area contributed by atoms with Crippen molar-refractivity contribution in [2.24, 2.45) is 5.92 Å². The van der Waals surface area contributed by atoms with Crippen LogP contribution < -0.4 is 10.6 Å². The number of pyridine rings is 1. The molecule has 2 aromatic rings. The van der Waals surface area contributed by atoms with E-state index in [2.05, 4.69) is 20.5 Å². The van der Waals surface area contributed by atoms with Crippen LogP contribution >= 0.6 is 0 Å². The summed E-state index contributed by atoms with van der Waals surface area (Å²) >= 11 is 0. The van der Waals surface area contributed by atoms with Gasteiger partial charge in [0.1, 0.15) is 0 Å². The van der Waals surface area contributed by atoms with Gasteiger partial charge in [-0.2, -0.15) is 0 Å². The van der Waals surface area contributed by atoms with Crippen molar-refractivity contribution in [1.29, 1.82) is 0 Å². The molecule has 0 bridgehead atoms. The van der Waals surface area contributed by atoms with Gasteiger partial charge >= 0.3 is 11.8 Å². The molecule has 0 atom stereocenters. The molecule has 1 saturated heterocycles. The van der Waals surface area contributed by atoms with Crippen LogP contribution in [0, 0.1) is 12.8 Å². The number of aromatic nitrogens is 1. The van der Waals surface area contributed by atoms with Crippen molar-refractivity contribution in [2.45, 2.75) is 26.3 Å². The third kappa shape index (κ3) is 5.89. The molecule has 1 aliphatic rings. The number of hydrogen-bond donors (Lipinski definition) is 2. The second-order valence-electron chi connectivity index (χ2n) is 7.07. The van der Waals surface area contributed by atoms with Gasteiger partial charge in [0, 0.05) is 25.0 Å². The van der Waals surface area contributed by atoms with E-state index in [4.69, 9.17) is 0 Å². The molecule has 3 rings (SSSR count). The Hall–Kier alpha value is -2.73. The first-order chi connectivity index (χ1) is 13.1. The topological polar surface area (TPSA) is 74.3 Å². The minimum Gasteiger partial charge on any atom is -0.348 e. The number of likely N-dealkylation sites (tertiary alicyclic amines) is 1. The number of hydrogen-bond acceptors (Lipinski definition) is 4. The van der Waals surface area contributed by atoms with E-state index < -0.39 is 11.8 Å². The summed E-state index contributed by atoms with van der Waals surface area (Å²) in [6.45, 7) is 5.33. The van der Waals surface area contributed by atoms with Gasteiger partial charge in [0.15, 0.2) is 0 Å². The minimum absolute atomic E-state index is 0.404. The van der Waals surface area contributed by atoms with E-state index in [1.165, 1.54) is 0 Å². The zero-order valence-corrected chi connectivity index (χ0v) is 15.6. The van der Waals surface area contributed by atoms with E-state index in [-0.39, 0.29) is 0 Å². The Morgan fingerprint density at radius 3 is 2.48 bits per heavy atom. The van der Waals surface area contributed by atoms with Gasteiger partial charge in [-0.1, -0.05) is 23.8 Å². The fraction of sp³-hybridized carbons (Fsp3) is 0.381. The molecule has 2 heterocycles. The Morgan fingerprint density at radius 2 is 1.81 bits per heavy atom. The first-order valence-corrected chi connectivity index (χ1v) is 9.38. The minimum atomic E-state index is -0.619. The third-order valence-electron chi connectivity index (χ3n) is 4.89. The molecule has 142 valence electrons. The van der Waals surface area contributed by atoms with Gasteiger partial charge in [-0.3, -0.25) is 19.5 Å². The monoisotopic (exact) mass is 366 g/mol. The Balaban J connectivity index is 1.37. The average Bonchev–Trinajstić information content (AvgIpc) is 2.69. The van der Waals surface area contributed by atoms with Crippen LogP contribution in [-0.4, -0.2) is 41.3 Å². The van der Waals surface area contributed by atoms with Gasteiger partial charge in [0.2, 0.25) is 0 Å². The Labute approximate surface area is 160 Å². The fourth-order valence-corrected chi connectivity index (χ4v) is 3.21. The number of carbonyl (C=O) groups excluding carboxylic acids is 2. The summed E-state index contributed by atoms with van der Waals surface area (Å²) < 4.78 is 0. The summed E-state index contributed by atoms with van der Waals surface area (Å²) in [6, 6.07) is 13.3. The Morgan fingerprint density at radius 1 is 1.07 bits per heavy atom. The third-order valence-corrected chi connectivity index (χ3v) is 4.89. The number of piperidine rings is 1. The van der Waals surface area contributed by atoms with E-state index in [0.29, 0.717) is 18.2 Å². The first-order valence-electron chi connectivity index (χ1n) is 9.38. The van der Waals surface area contributed by atoms with Crippen LogP contribution in [0.15, 0.2) is 48.7 Å². The summed E-state index contributed by atoms with van der Waals surface area (Å²) in [5.41, 5.74) is 2.81. The highest BCUT2D eigenvalue weighted by Crippen LogP contribution is 2.18. The molecule has 2 N–H and O–H groups in total. The van der Waals surface area contributed by atoms with E-state index in [9.17, 15) is 9.59 Å². The molecule has 0 saturated carbocycles. The SMILES string of the molecule is Cc1ccc(NC(=O)C(=O)NCC2CCN(Cc3ccccn3)CC2)cc1. The molecule has 2 amide bonds. The summed E-state index contributed by atoms with van der Waals surface area (Å²) in [6.07, 6.45) is 3.83. The van der Waals surface area contributed by atoms with Crippen molar-refractivity contribution in [3.05, 3.63) is 59.9 Å². The molecule has 0 radical (unpaired) electrons. The predicted molar refractivity (Wildman–Crippen MR) is 105 cm³/mol. The Kier molecular flexibility index (Phi) is 6.54. The van der Waals surface area contributed by atoms with Crippen LogP contribution in [0.1, 0.15) is 24.1 Å². The zero-order chi connectivity index (χ0) is 19.1. The lowest BCUT2D eigenvalue weighted by atomic mass is 9.96. The predicted octanol–water partition coefficient (Wildman–Crippen LogP) is 2.36. The average molecular weight is 366 g/mol. The molecule has 1 fully saturated rings. The molecular weight excluding hydrogens is 340 g/mol. The van der Waals surface area contributed by atoms with Gasteiger partial charge < -0.3 is 10.6 Å². The lowest BCUT2D eigenvalue weighted by molar-refractivity contribution is -0.136. The standard InChI is InChI=1S/C21H26N4O2/c1-16-5-7-18(8-6-16)24-21(27)20(26)23-14-17-9-12-25(13-10-17)15-19-4-2-3-11-22-19/h2-8,11,17H,9-10,12-15H2,1H3,(H,23,26)(H,24,27). The highest BCUT2D eigenvalue weighted by atomic mass is 16.2. The summed E-state index contributed by atoms with van der Waals surface area (Å²) in [5.74, 6) is -0.793. The van der Waals surface area contributed by atoms with Crippen LogP contribution in [0.4, 0.5) is 5.69 Å². The molecule has 6 heteroatoms. The van der Waals surface area contributed by atoms with Crippen molar-refractivity contribution in [2.75, 3.05) is 25.0 Å². The molecule has 0 aliphatic carbocycles. The quantitative estimate of drug-likeness (QED) is 0.797. The summed E-state index contributed by atoms with van der Waals surface area (Å²) in [4.78, 5) is 30.8. The molecule has 1 aromatic carbocycles. The van der Waals surface area contributed by atoms with Gasteiger partial charge in [0.25, 0.3) is 0 Å². The normalized spacial score (nSPS) is 15.3. The van der Waals surface area contributed by atoms with Crippen molar-refractivity contribution >= 4 is 17.5 Å². The van der Waals surface area contributed by atoms with Crippen LogP contribution in [0.3, 0.4) is 0 Å². The summed E-state index contributed by atoms with van der Waals surface area (Å²) in [5, 5.41) is 5.39. The number of aryl methyl sites for hydroxylation is 1. The van der Waals surface area contributed by atoms with Crippen molar-refractivity contribution in [1.82, 2.24) is 15.2 Å². The van der Waals surface area contributed by atoms with Crippen LogP contribution in [0.25, 0.3) is 0 Å². The van der Waals surface area contributed by atoms with E-state index >= 15 is 0 Å². The molecule has 1 aromatic heterocycles. The number of carbonyl (C=O) groups is 2. The smallest absolute Gasteiger partial charge is 0.313 e. The van der Waals surface area contributed by atoms with Gasteiger partial charge in [0.05, 0.1) is 5.69 Å². The highest BCUT2D eigenvalue weighted by Gasteiger charge is 2.21. The number of anilines is 1. The first kappa shape index (κ1) is 19.0. The number of amides is 2. The largest absolute Gasteiger partial charge is 0.348 e.